The number of nitrogens with zero attached hydrogens (tertiary/aromatic N) is 2. The van der Waals surface area contributed by atoms with E-state index in [-0.39, 0.29) is 12.2 Å². The second kappa shape index (κ2) is 5.51. The van der Waals surface area contributed by atoms with Gasteiger partial charge in [0.1, 0.15) is 16.5 Å². The summed E-state index contributed by atoms with van der Waals surface area (Å²) >= 11 is 3.03. The fraction of sp³-hybridized carbons (Fsp3) is 0.182. The Morgan fingerprint density at radius 1 is 1.50 bits per heavy atom. The van der Waals surface area contributed by atoms with Crippen LogP contribution in [0.4, 0.5) is 10.1 Å². The van der Waals surface area contributed by atoms with Crippen molar-refractivity contribution in [3.8, 4) is 0 Å². The maximum Gasteiger partial charge on any atom is 0.243 e. The van der Waals surface area contributed by atoms with E-state index in [1.807, 2.05) is 0 Å². The number of nitrogens with two attached hydrogens (primary N) is 1. The first-order valence-electron chi connectivity index (χ1n) is 5.51. The molecule has 108 valence electrons. The van der Waals surface area contributed by atoms with Crippen molar-refractivity contribution >= 4 is 31.6 Å². The van der Waals surface area contributed by atoms with Crippen molar-refractivity contribution in [2.75, 3.05) is 5.73 Å². The largest absolute Gasteiger partial charge is 0.398 e. The number of nitrogen functional groups attached to an aromatic ring is 1. The van der Waals surface area contributed by atoms with Gasteiger partial charge in [-0.2, -0.15) is 0 Å². The Bertz CT molecular complexity index is 745. The average Bonchev–Trinajstić information content (AvgIpc) is 2.77. The number of aryl methyl sites for hydroxylation is 1. The zero-order chi connectivity index (χ0) is 14.9. The Morgan fingerprint density at radius 2 is 2.20 bits per heavy atom. The van der Waals surface area contributed by atoms with Crippen LogP contribution < -0.4 is 10.5 Å². The summed E-state index contributed by atoms with van der Waals surface area (Å²) in [5.74, 6) is -0.363. The zero-order valence-corrected chi connectivity index (χ0v) is 12.9. The highest BCUT2D eigenvalue weighted by Crippen LogP contribution is 2.26. The Hall–Kier alpha value is -1.45. The first-order valence-corrected chi connectivity index (χ1v) is 7.79. The molecule has 1 aromatic heterocycles. The first-order chi connectivity index (χ1) is 9.31. The molecule has 0 amide bonds. The molecule has 6 nitrogen and oxygen atoms in total. The van der Waals surface area contributed by atoms with Gasteiger partial charge in [-0.3, -0.25) is 0 Å². The summed E-state index contributed by atoms with van der Waals surface area (Å²) in [4.78, 5) is 3.48. The van der Waals surface area contributed by atoms with Gasteiger partial charge in [0.15, 0.2) is 0 Å². The van der Waals surface area contributed by atoms with E-state index in [1.165, 1.54) is 0 Å². The van der Waals surface area contributed by atoms with Gasteiger partial charge in [-0.15, -0.1) is 0 Å². The first kappa shape index (κ1) is 14.9. The van der Waals surface area contributed by atoms with Crippen LogP contribution in [0, 0.1) is 5.82 Å². The average molecular weight is 363 g/mol. The van der Waals surface area contributed by atoms with Gasteiger partial charge in [-0.25, -0.2) is 22.5 Å². The van der Waals surface area contributed by atoms with Crippen molar-refractivity contribution in [3.05, 3.63) is 40.6 Å². The maximum atomic E-state index is 13.7. The molecule has 0 aliphatic heterocycles. The number of rotatable bonds is 4. The summed E-state index contributed by atoms with van der Waals surface area (Å²) in [6, 6.07) is 2.09. The summed E-state index contributed by atoms with van der Waals surface area (Å²) in [7, 11) is -2.27. The molecule has 0 aliphatic rings. The van der Waals surface area contributed by atoms with E-state index in [2.05, 4.69) is 25.6 Å². The molecule has 0 radical (unpaired) electrons. The van der Waals surface area contributed by atoms with E-state index < -0.39 is 20.7 Å². The lowest BCUT2D eigenvalue weighted by Gasteiger charge is -2.09. The number of sulfonamides is 1. The highest BCUT2D eigenvalue weighted by molar-refractivity contribution is 9.10. The van der Waals surface area contributed by atoms with Gasteiger partial charge < -0.3 is 10.3 Å². The third-order valence-corrected chi connectivity index (χ3v) is 4.79. The number of hydrogen-bond donors (Lipinski definition) is 2. The molecular formula is C11H12BrFN4O2S. The van der Waals surface area contributed by atoms with Crippen molar-refractivity contribution in [1.29, 1.82) is 0 Å². The Kier molecular flexibility index (Phi) is 4.11. The minimum atomic E-state index is -4.00. The highest BCUT2D eigenvalue weighted by atomic mass is 79.9. The molecule has 0 aliphatic carbocycles. The molecule has 0 unspecified atom stereocenters. The van der Waals surface area contributed by atoms with Crippen LogP contribution in [-0.2, 0) is 23.6 Å². The third-order valence-electron chi connectivity index (χ3n) is 2.68. The van der Waals surface area contributed by atoms with Gasteiger partial charge in [-0.1, -0.05) is 0 Å². The number of aromatic nitrogens is 2. The van der Waals surface area contributed by atoms with Crippen molar-refractivity contribution < 1.29 is 12.8 Å². The topological polar surface area (TPSA) is 90.0 Å². The van der Waals surface area contributed by atoms with Crippen LogP contribution in [0.2, 0.25) is 0 Å². The molecule has 3 N–H and O–H groups in total. The maximum absolute atomic E-state index is 13.7. The Labute approximate surface area is 124 Å². The highest BCUT2D eigenvalue weighted by Gasteiger charge is 2.21. The van der Waals surface area contributed by atoms with Gasteiger partial charge in [0.2, 0.25) is 10.0 Å². The summed E-state index contributed by atoms with van der Waals surface area (Å²) in [6.07, 6.45) is 3.23. The lowest BCUT2D eigenvalue weighted by atomic mass is 10.3. The van der Waals surface area contributed by atoms with Crippen LogP contribution in [0.5, 0.6) is 0 Å². The number of nitrogens with one attached hydrogen (secondary N) is 1. The molecule has 0 bridgehead atoms. The molecule has 0 saturated heterocycles. The number of benzene rings is 1. The molecule has 0 saturated carbocycles. The Balaban J connectivity index is 2.27. The minimum Gasteiger partial charge on any atom is -0.398 e. The second-order valence-corrected chi connectivity index (χ2v) is 6.67. The van der Waals surface area contributed by atoms with Crippen molar-refractivity contribution in [3.63, 3.8) is 0 Å². The van der Waals surface area contributed by atoms with Crippen LogP contribution >= 0.6 is 15.9 Å². The number of anilines is 1. The molecule has 0 spiro atoms. The quantitative estimate of drug-likeness (QED) is 0.804. The molecule has 2 aromatic rings. The molecule has 0 fully saturated rings. The summed E-state index contributed by atoms with van der Waals surface area (Å²) < 4.78 is 42.1. The monoisotopic (exact) mass is 362 g/mol. The number of halogens is 2. The SMILES string of the molecule is Cn1ccnc1CNS(=O)(=O)c1cc(N)c(Br)cc1F. The van der Waals surface area contributed by atoms with Crippen molar-refractivity contribution in [2.45, 2.75) is 11.4 Å². The van der Waals surface area contributed by atoms with Gasteiger partial charge in [-0.05, 0) is 28.1 Å². The fourth-order valence-corrected chi connectivity index (χ4v) is 2.94. The van der Waals surface area contributed by atoms with Gasteiger partial charge in [0, 0.05) is 29.6 Å². The van der Waals surface area contributed by atoms with E-state index >= 15 is 0 Å². The van der Waals surface area contributed by atoms with Gasteiger partial charge in [0.25, 0.3) is 0 Å². The molecule has 1 heterocycles. The molecular weight excluding hydrogens is 351 g/mol. The normalized spacial score (nSPS) is 11.8. The van der Waals surface area contributed by atoms with Gasteiger partial charge >= 0.3 is 0 Å². The van der Waals surface area contributed by atoms with Crippen molar-refractivity contribution in [2.24, 2.45) is 7.05 Å². The smallest absolute Gasteiger partial charge is 0.243 e. The standard InChI is InChI=1S/C11H12BrFN4O2S/c1-17-3-2-15-11(17)6-16-20(18,19)10-5-9(14)7(12)4-8(10)13/h2-5,16H,6,14H2,1H3. The van der Waals surface area contributed by atoms with Crippen LogP contribution in [0.15, 0.2) is 33.9 Å². The summed E-state index contributed by atoms with van der Waals surface area (Å²) in [5.41, 5.74) is 5.72. The van der Waals surface area contributed by atoms with E-state index in [1.54, 1.807) is 24.0 Å². The van der Waals surface area contributed by atoms with E-state index in [0.717, 1.165) is 12.1 Å². The molecule has 0 atom stereocenters. The molecule has 20 heavy (non-hydrogen) atoms. The van der Waals surface area contributed by atoms with E-state index in [0.29, 0.717) is 10.3 Å². The third kappa shape index (κ3) is 3.00. The lowest BCUT2D eigenvalue weighted by Crippen LogP contribution is -2.25. The molecule has 2 rings (SSSR count). The van der Waals surface area contributed by atoms with E-state index in [4.69, 9.17) is 5.73 Å². The molecule has 9 heteroatoms. The van der Waals surface area contributed by atoms with E-state index in [9.17, 15) is 12.8 Å². The minimum absolute atomic E-state index is 0.0404. The zero-order valence-electron chi connectivity index (χ0n) is 10.5. The summed E-state index contributed by atoms with van der Waals surface area (Å²) in [5, 5.41) is 0. The lowest BCUT2D eigenvalue weighted by molar-refractivity contribution is 0.554. The fourth-order valence-electron chi connectivity index (χ4n) is 1.55. The number of hydrogen-bond acceptors (Lipinski definition) is 4. The van der Waals surface area contributed by atoms with Crippen LogP contribution in [0.3, 0.4) is 0 Å². The Morgan fingerprint density at radius 3 is 2.80 bits per heavy atom. The predicted octanol–water partition coefficient (Wildman–Crippen LogP) is 1.38. The number of imidazole rings is 1. The van der Waals surface area contributed by atoms with Crippen LogP contribution in [-0.4, -0.2) is 18.0 Å². The summed E-state index contributed by atoms with van der Waals surface area (Å²) in [6.45, 7) is -0.0404. The van der Waals surface area contributed by atoms with Crippen molar-refractivity contribution in [1.82, 2.24) is 14.3 Å². The second-order valence-electron chi connectivity index (χ2n) is 4.08. The van der Waals surface area contributed by atoms with Crippen LogP contribution in [0.25, 0.3) is 0 Å². The molecule has 1 aromatic carbocycles. The predicted molar refractivity (Wildman–Crippen MR) is 75.7 cm³/mol. The van der Waals surface area contributed by atoms with Crippen LogP contribution in [0.1, 0.15) is 5.82 Å². The van der Waals surface area contributed by atoms with Gasteiger partial charge in [0.05, 0.1) is 6.54 Å².